The molecule has 1 unspecified atom stereocenters. The van der Waals surface area contributed by atoms with Gasteiger partial charge in [-0.05, 0) is 19.5 Å². The van der Waals surface area contributed by atoms with Gasteiger partial charge in [-0.25, -0.2) is 0 Å². The second kappa shape index (κ2) is 4.47. The Kier molecular flexibility index (Phi) is 3.84. The lowest BCUT2D eigenvalue weighted by Gasteiger charge is -2.11. The zero-order valence-electron chi connectivity index (χ0n) is 7.03. The van der Waals surface area contributed by atoms with E-state index in [1.54, 1.807) is 0 Å². The van der Waals surface area contributed by atoms with E-state index < -0.39 is 0 Å². The van der Waals surface area contributed by atoms with Crippen LogP contribution in [0.2, 0.25) is 8.67 Å². The number of hydrogen-bond acceptors (Lipinski definition) is 2. The average Bonchev–Trinajstić information content (AvgIpc) is 2.34. The third-order valence-electron chi connectivity index (χ3n) is 1.82. The Bertz CT molecular complexity index is 256. The first kappa shape index (κ1) is 10.3. The van der Waals surface area contributed by atoms with Gasteiger partial charge in [-0.3, -0.25) is 0 Å². The van der Waals surface area contributed by atoms with E-state index in [1.807, 2.05) is 13.1 Å². The fraction of sp³-hybridized carbons (Fsp3) is 0.500. The Labute approximate surface area is 86.7 Å². The van der Waals surface area contributed by atoms with Crippen molar-refractivity contribution in [1.82, 2.24) is 5.32 Å². The lowest BCUT2D eigenvalue weighted by atomic mass is 10.1. The van der Waals surface area contributed by atoms with Crippen LogP contribution < -0.4 is 5.32 Å². The predicted molar refractivity (Wildman–Crippen MR) is 56.4 cm³/mol. The minimum atomic E-state index is 0.321. The molecular weight excluding hydrogens is 213 g/mol. The van der Waals surface area contributed by atoms with Crippen LogP contribution in [0, 0.1) is 0 Å². The summed E-state index contributed by atoms with van der Waals surface area (Å²) in [6.45, 7) is 2.11. The van der Waals surface area contributed by atoms with E-state index in [0.29, 0.717) is 6.04 Å². The van der Waals surface area contributed by atoms with Crippen LogP contribution in [-0.2, 0) is 0 Å². The van der Waals surface area contributed by atoms with Crippen molar-refractivity contribution in [3.63, 3.8) is 0 Å². The first-order valence-electron chi connectivity index (χ1n) is 3.81. The zero-order valence-corrected chi connectivity index (χ0v) is 9.35. The third-order valence-corrected chi connectivity index (χ3v) is 3.33. The third kappa shape index (κ3) is 2.13. The molecule has 0 aliphatic heterocycles. The molecule has 0 aromatic carbocycles. The maximum absolute atomic E-state index is 5.99. The summed E-state index contributed by atoms with van der Waals surface area (Å²) < 4.78 is 1.55. The van der Waals surface area contributed by atoms with Crippen molar-refractivity contribution in [1.29, 1.82) is 0 Å². The predicted octanol–water partition coefficient (Wildman–Crippen LogP) is 3.73. The molecule has 0 aliphatic rings. The molecule has 1 N–H and O–H groups in total. The van der Waals surface area contributed by atoms with Gasteiger partial charge >= 0.3 is 0 Å². The molecule has 1 nitrogen and oxygen atoms in total. The molecular formula is C8H11Cl2NS. The van der Waals surface area contributed by atoms with Gasteiger partial charge < -0.3 is 5.32 Å². The van der Waals surface area contributed by atoms with Gasteiger partial charge in [0.15, 0.2) is 0 Å². The first-order chi connectivity index (χ1) is 5.69. The van der Waals surface area contributed by atoms with Gasteiger partial charge in [0.2, 0.25) is 0 Å². The molecule has 1 aromatic heterocycles. The van der Waals surface area contributed by atoms with Crippen LogP contribution in [0.5, 0.6) is 0 Å². The lowest BCUT2D eigenvalue weighted by molar-refractivity contribution is 0.579. The van der Waals surface area contributed by atoms with Crippen molar-refractivity contribution in [3.05, 3.63) is 20.3 Å². The zero-order chi connectivity index (χ0) is 9.14. The van der Waals surface area contributed by atoms with E-state index in [0.717, 1.165) is 20.7 Å². The Hall–Kier alpha value is 0.240. The van der Waals surface area contributed by atoms with Crippen molar-refractivity contribution >= 4 is 34.5 Å². The topological polar surface area (TPSA) is 12.0 Å². The molecule has 0 aliphatic carbocycles. The first-order valence-corrected chi connectivity index (χ1v) is 5.38. The monoisotopic (exact) mass is 223 g/mol. The summed E-state index contributed by atoms with van der Waals surface area (Å²) in [6, 6.07) is 2.25. The van der Waals surface area contributed by atoms with Crippen molar-refractivity contribution in [2.45, 2.75) is 19.4 Å². The smallest absolute Gasteiger partial charge is 0.0991 e. The maximum atomic E-state index is 5.99. The fourth-order valence-corrected chi connectivity index (χ4v) is 2.75. The van der Waals surface area contributed by atoms with E-state index in [2.05, 4.69) is 12.2 Å². The van der Waals surface area contributed by atoms with Crippen LogP contribution in [0.3, 0.4) is 0 Å². The van der Waals surface area contributed by atoms with Gasteiger partial charge in [-0.2, -0.15) is 0 Å². The van der Waals surface area contributed by atoms with Crippen LogP contribution in [0.15, 0.2) is 6.07 Å². The van der Waals surface area contributed by atoms with Crippen molar-refractivity contribution in [2.75, 3.05) is 7.05 Å². The van der Waals surface area contributed by atoms with E-state index in [4.69, 9.17) is 23.2 Å². The highest BCUT2D eigenvalue weighted by Crippen LogP contribution is 2.35. The van der Waals surface area contributed by atoms with Crippen LogP contribution in [0.4, 0.5) is 0 Å². The van der Waals surface area contributed by atoms with Crippen molar-refractivity contribution < 1.29 is 0 Å². The number of thiophene rings is 1. The van der Waals surface area contributed by atoms with Gasteiger partial charge in [0.25, 0.3) is 0 Å². The van der Waals surface area contributed by atoms with Gasteiger partial charge in [-0.15, -0.1) is 11.3 Å². The molecule has 0 fully saturated rings. The van der Waals surface area contributed by atoms with Crippen molar-refractivity contribution in [3.8, 4) is 0 Å². The van der Waals surface area contributed by atoms with Crippen LogP contribution in [0.1, 0.15) is 24.9 Å². The van der Waals surface area contributed by atoms with Crippen LogP contribution in [-0.4, -0.2) is 7.05 Å². The molecule has 12 heavy (non-hydrogen) atoms. The second-order valence-corrected chi connectivity index (χ2v) is 4.81. The quantitative estimate of drug-likeness (QED) is 0.824. The number of rotatable bonds is 3. The van der Waals surface area contributed by atoms with E-state index >= 15 is 0 Å². The highest BCUT2D eigenvalue weighted by molar-refractivity contribution is 7.20. The minimum Gasteiger partial charge on any atom is -0.313 e. The van der Waals surface area contributed by atoms with E-state index in [9.17, 15) is 0 Å². The Morgan fingerprint density at radius 3 is 2.58 bits per heavy atom. The minimum absolute atomic E-state index is 0.321. The molecule has 0 saturated carbocycles. The number of halogens is 2. The highest BCUT2D eigenvalue weighted by Gasteiger charge is 2.13. The van der Waals surface area contributed by atoms with Gasteiger partial charge in [0, 0.05) is 11.6 Å². The summed E-state index contributed by atoms with van der Waals surface area (Å²) in [5.41, 5.74) is 1.11. The Balaban J connectivity index is 2.91. The summed E-state index contributed by atoms with van der Waals surface area (Å²) in [5, 5.41) is 3.19. The number of nitrogens with one attached hydrogen (secondary N) is 1. The number of hydrogen-bond donors (Lipinski definition) is 1. The molecule has 1 heterocycles. The molecule has 1 aromatic rings. The summed E-state index contributed by atoms with van der Waals surface area (Å²) in [5.74, 6) is 0. The molecule has 1 rings (SSSR count). The molecule has 4 heteroatoms. The molecule has 0 bridgehead atoms. The standard InChI is InChI=1S/C8H11Cl2NS/c1-3-6(11-2)5-4-7(9)12-8(5)10/h4,6,11H,3H2,1-2H3. The summed E-state index contributed by atoms with van der Waals surface area (Å²) in [6.07, 6.45) is 1.02. The van der Waals surface area contributed by atoms with Crippen LogP contribution >= 0.6 is 34.5 Å². The van der Waals surface area contributed by atoms with E-state index in [1.165, 1.54) is 11.3 Å². The molecule has 0 spiro atoms. The van der Waals surface area contributed by atoms with Gasteiger partial charge in [0.05, 0.1) is 8.67 Å². The maximum Gasteiger partial charge on any atom is 0.0991 e. The summed E-state index contributed by atoms with van der Waals surface area (Å²) >= 11 is 13.2. The lowest BCUT2D eigenvalue weighted by Crippen LogP contribution is -2.14. The van der Waals surface area contributed by atoms with E-state index in [-0.39, 0.29) is 0 Å². The largest absolute Gasteiger partial charge is 0.313 e. The average molecular weight is 224 g/mol. The molecule has 68 valence electrons. The Morgan fingerprint density at radius 1 is 1.58 bits per heavy atom. The van der Waals surface area contributed by atoms with Crippen LogP contribution in [0.25, 0.3) is 0 Å². The molecule has 1 atom stereocenters. The molecule has 0 saturated heterocycles. The normalized spacial score (nSPS) is 13.3. The van der Waals surface area contributed by atoms with Gasteiger partial charge in [-0.1, -0.05) is 30.1 Å². The fourth-order valence-electron chi connectivity index (χ4n) is 1.17. The molecule has 0 amide bonds. The SMILES string of the molecule is CCC(NC)c1cc(Cl)sc1Cl. The van der Waals surface area contributed by atoms with Crippen molar-refractivity contribution in [2.24, 2.45) is 0 Å². The highest BCUT2D eigenvalue weighted by atomic mass is 35.5. The summed E-state index contributed by atoms with van der Waals surface area (Å²) in [4.78, 5) is 0. The summed E-state index contributed by atoms with van der Waals surface area (Å²) in [7, 11) is 1.93. The Morgan fingerprint density at radius 2 is 2.25 bits per heavy atom. The van der Waals surface area contributed by atoms with Gasteiger partial charge in [0.1, 0.15) is 0 Å². The molecule has 0 radical (unpaired) electrons. The second-order valence-electron chi connectivity index (χ2n) is 2.53.